The summed E-state index contributed by atoms with van der Waals surface area (Å²) in [5.41, 5.74) is 1.27. The summed E-state index contributed by atoms with van der Waals surface area (Å²) in [6.07, 6.45) is 0.779. The first-order valence-corrected chi connectivity index (χ1v) is 9.67. The van der Waals surface area contributed by atoms with Crippen molar-refractivity contribution in [3.05, 3.63) is 59.1 Å². The van der Waals surface area contributed by atoms with E-state index in [4.69, 9.17) is 21.1 Å². The Morgan fingerprint density at radius 1 is 1.04 bits per heavy atom. The third-order valence-electron chi connectivity index (χ3n) is 5.63. The second-order valence-electron chi connectivity index (χ2n) is 7.84. The minimum Gasteiger partial charge on any atom is -0.361 e. The molecule has 2 aliphatic heterocycles. The Morgan fingerprint density at radius 2 is 1.78 bits per heavy atom. The van der Waals surface area contributed by atoms with Gasteiger partial charge in [-0.25, -0.2) is 0 Å². The molecule has 0 bridgehead atoms. The van der Waals surface area contributed by atoms with Crippen molar-refractivity contribution in [2.24, 2.45) is 0 Å². The molecule has 0 saturated carbocycles. The minimum atomic E-state index is -1.04. The number of amides is 1. The molecule has 0 aliphatic carbocycles. The van der Waals surface area contributed by atoms with Gasteiger partial charge < -0.3 is 14.4 Å². The van der Waals surface area contributed by atoms with Gasteiger partial charge >= 0.3 is 0 Å². The number of nitrogens with zero attached hydrogens (tertiary/aromatic N) is 1. The summed E-state index contributed by atoms with van der Waals surface area (Å²) < 4.78 is 12.0. The standard InChI is InChI=1S/C22H24ClNO3/c1-21(2)24-19(14-27-21)11-12-26-22(3,20(24)25)17-6-4-5-16(13-17)15-7-9-18(23)10-8-15/h4-10,13,19H,11-12,14H2,1-3H3/t19-,22+/m0/s1. The monoisotopic (exact) mass is 385 g/mol. The molecule has 2 aromatic carbocycles. The molecule has 4 nitrogen and oxygen atoms in total. The van der Waals surface area contributed by atoms with Crippen molar-refractivity contribution in [1.82, 2.24) is 4.90 Å². The second kappa shape index (κ2) is 6.62. The van der Waals surface area contributed by atoms with Crippen molar-refractivity contribution in [2.45, 2.75) is 44.6 Å². The number of carbonyl (C=O) groups excluding carboxylic acids is 1. The van der Waals surface area contributed by atoms with Gasteiger partial charge in [0, 0.05) is 5.02 Å². The predicted molar refractivity (Wildman–Crippen MR) is 105 cm³/mol. The average Bonchev–Trinajstić information content (AvgIpc) is 2.88. The summed E-state index contributed by atoms with van der Waals surface area (Å²) in [4.78, 5) is 15.4. The molecule has 4 rings (SSSR count). The smallest absolute Gasteiger partial charge is 0.261 e. The summed E-state index contributed by atoms with van der Waals surface area (Å²) in [5, 5.41) is 0.700. The van der Waals surface area contributed by atoms with Crippen LogP contribution >= 0.6 is 11.6 Å². The van der Waals surface area contributed by atoms with Crippen molar-refractivity contribution in [3.8, 4) is 11.1 Å². The van der Waals surface area contributed by atoms with Gasteiger partial charge in [0.2, 0.25) is 0 Å². The van der Waals surface area contributed by atoms with E-state index in [1.54, 1.807) is 0 Å². The van der Waals surface area contributed by atoms with E-state index in [9.17, 15) is 4.79 Å². The Morgan fingerprint density at radius 3 is 2.52 bits per heavy atom. The highest BCUT2D eigenvalue weighted by atomic mass is 35.5. The molecule has 0 unspecified atom stereocenters. The molecule has 2 heterocycles. The molecule has 0 aromatic heterocycles. The maximum Gasteiger partial charge on any atom is 0.261 e. The van der Waals surface area contributed by atoms with Gasteiger partial charge in [-0.1, -0.05) is 41.9 Å². The van der Waals surface area contributed by atoms with Gasteiger partial charge in [0.1, 0.15) is 5.72 Å². The number of rotatable bonds is 2. The van der Waals surface area contributed by atoms with E-state index in [1.807, 2.05) is 74.2 Å². The van der Waals surface area contributed by atoms with Gasteiger partial charge in [-0.3, -0.25) is 4.79 Å². The highest BCUT2D eigenvalue weighted by molar-refractivity contribution is 6.30. The number of hydrogen-bond acceptors (Lipinski definition) is 3. The van der Waals surface area contributed by atoms with E-state index in [0.717, 1.165) is 23.1 Å². The largest absolute Gasteiger partial charge is 0.361 e. The Bertz CT molecular complexity index is 864. The molecular weight excluding hydrogens is 362 g/mol. The Labute approximate surface area is 165 Å². The highest BCUT2D eigenvalue weighted by Gasteiger charge is 2.52. The Kier molecular flexibility index (Phi) is 4.53. The maximum absolute atomic E-state index is 13.6. The van der Waals surface area contributed by atoms with Crippen LogP contribution in [0, 0.1) is 0 Å². The van der Waals surface area contributed by atoms with Crippen LogP contribution in [-0.2, 0) is 19.9 Å². The molecular formula is C22H24ClNO3. The Hall–Kier alpha value is -1.88. The number of halogens is 1. The van der Waals surface area contributed by atoms with Gasteiger partial charge in [-0.15, -0.1) is 0 Å². The quantitative estimate of drug-likeness (QED) is 0.758. The predicted octanol–water partition coefficient (Wildman–Crippen LogP) is 4.61. The van der Waals surface area contributed by atoms with Crippen molar-refractivity contribution >= 4 is 17.5 Å². The summed E-state index contributed by atoms with van der Waals surface area (Å²) >= 11 is 6.01. The molecule has 0 spiro atoms. The molecule has 27 heavy (non-hydrogen) atoms. The molecule has 2 saturated heterocycles. The second-order valence-corrected chi connectivity index (χ2v) is 8.28. The van der Waals surface area contributed by atoms with Gasteiger partial charge in [0.15, 0.2) is 5.60 Å². The summed E-state index contributed by atoms with van der Waals surface area (Å²) in [5.74, 6) is -0.0410. The molecule has 5 heteroatoms. The number of carbonyl (C=O) groups is 1. The van der Waals surface area contributed by atoms with Crippen LogP contribution in [0.1, 0.15) is 32.8 Å². The molecule has 0 radical (unpaired) electrons. The van der Waals surface area contributed by atoms with Crippen LogP contribution in [0.2, 0.25) is 5.02 Å². The van der Waals surface area contributed by atoms with E-state index >= 15 is 0 Å². The zero-order chi connectivity index (χ0) is 19.2. The summed E-state index contributed by atoms with van der Waals surface area (Å²) in [6, 6.07) is 15.7. The molecule has 2 atom stereocenters. The van der Waals surface area contributed by atoms with Gasteiger partial charge in [-0.2, -0.15) is 0 Å². The molecule has 2 aromatic rings. The first kappa shape index (κ1) is 18.5. The summed E-state index contributed by atoms with van der Waals surface area (Å²) in [6.45, 7) is 6.84. The van der Waals surface area contributed by atoms with E-state index in [-0.39, 0.29) is 11.9 Å². The fourth-order valence-corrected chi connectivity index (χ4v) is 4.17. The lowest BCUT2D eigenvalue weighted by Gasteiger charge is -2.38. The fraction of sp³-hybridized carbons (Fsp3) is 0.409. The molecule has 2 aliphatic rings. The normalized spacial score (nSPS) is 27.3. The van der Waals surface area contributed by atoms with E-state index < -0.39 is 11.3 Å². The van der Waals surface area contributed by atoms with E-state index in [1.165, 1.54) is 0 Å². The van der Waals surface area contributed by atoms with E-state index in [0.29, 0.717) is 18.2 Å². The molecule has 0 N–H and O–H groups in total. The zero-order valence-corrected chi connectivity index (χ0v) is 16.6. The topological polar surface area (TPSA) is 38.8 Å². The zero-order valence-electron chi connectivity index (χ0n) is 15.9. The lowest BCUT2D eigenvalue weighted by Crippen LogP contribution is -2.53. The van der Waals surface area contributed by atoms with Crippen LogP contribution in [0.4, 0.5) is 0 Å². The van der Waals surface area contributed by atoms with Crippen LogP contribution in [0.25, 0.3) is 11.1 Å². The minimum absolute atomic E-state index is 0.0410. The average molecular weight is 386 g/mol. The van der Waals surface area contributed by atoms with Crippen molar-refractivity contribution in [2.75, 3.05) is 13.2 Å². The summed E-state index contributed by atoms with van der Waals surface area (Å²) in [7, 11) is 0. The van der Waals surface area contributed by atoms with Gasteiger partial charge in [-0.05, 0) is 62.1 Å². The number of fused-ring (bicyclic) bond motifs is 1. The van der Waals surface area contributed by atoms with Crippen molar-refractivity contribution in [3.63, 3.8) is 0 Å². The van der Waals surface area contributed by atoms with Gasteiger partial charge in [0.05, 0.1) is 19.3 Å². The Balaban J connectivity index is 1.74. The van der Waals surface area contributed by atoms with Crippen LogP contribution < -0.4 is 0 Å². The van der Waals surface area contributed by atoms with Crippen molar-refractivity contribution in [1.29, 1.82) is 0 Å². The maximum atomic E-state index is 13.6. The van der Waals surface area contributed by atoms with Crippen LogP contribution in [0.3, 0.4) is 0 Å². The van der Waals surface area contributed by atoms with E-state index in [2.05, 4.69) is 0 Å². The molecule has 1 amide bonds. The lowest BCUT2D eigenvalue weighted by atomic mass is 9.90. The third-order valence-corrected chi connectivity index (χ3v) is 5.89. The van der Waals surface area contributed by atoms with Gasteiger partial charge in [0.25, 0.3) is 5.91 Å². The molecule has 142 valence electrons. The van der Waals surface area contributed by atoms with Crippen LogP contribution in [-0.4, -0.2) is 35.8 Å². The lowest BCUT2D eigenvalue weighted by molar-refractivity contribution is -0.167. The van der Waals surface area contributed by atoms with Crippen LogP contribution in [0.15, 0.2) is 48.5 Å². The first-order valence-electron chi connectivity index (χ1n) is 9.29. The third kappa shape index (κ3) is 3.16. The fourth-order valence-electron chi connectivity index (χ4n) is 4.04. The SMILES string of the molecule is CC1(C)OC[C@@H]2CCO[C@](C)(c3cccc(-c4ccc(Cl)cc4)c3)C(=O)N21. The first-order chi connectivity index (χ1) is 12.8. The van der Waals surface area contributed by atoms with Crippen LogP contribution in [0.5, 0.6) is 0 Å². The molecule has 2 fully saturated rings. The number of ether oxygens (including phenoxy) is 2. The number of benzene rings is 2. The van der Waals surface area contributed by atoms with Crippen molar-refractivity contribution < 1.29 is 14.3 Å². The number of hydrogen-bond donors (Lipinski definition) is 0. The highest BCUT2D eigenvalue weighted by Crippen LogP contribution is 2.40.